The number of hydrogen-bond donors (Lipinski definition) is 0. The zero-order valence-corrected chi connectivity index (χ0v) is 23.4. The van der Waals surface area contributed by atoms with Crippen molar-refractivity contribution in [2.24, 2.45) is 0 Å². The van der Waals surface area contributed by atoms with Crippen molar-refractivity contribution in [3.63, 3.8) is 0 Å². The average molecular weight is 571 g/mol. The first-order chi connectivity index (χ1) is 20.7. The van der Waals surface area contributed by atoms with Crippen molar-refractivity contribution in [2.75, 3.05) is 9.80 Å². The van der Waals surface area contributed by atoms with Crippen molar-refractivity contribution in [1.29, 1.82) is 0 Å². The van der Waals surface area contributed by atoms with Crippen LogP contribution in [-0.2, 0) is 24.6 Å². The molecule has 212 valence electrons. The van der Waals surface area contributed by atoms with Crippen molar-refractivity contribution in [3.8, 4) is 23.0 Å². The summed E-state index contributed by atoms with van der Waals surface area (Å²) >= 11 is 0. The third-order valence-electron chi connectivity index (χ3n) is 7.43. The number of imide groups is 2. The molecule has 0 atom stereocenters. The highest BCUT2D eigenvalue weighted by molar-refractivity contribution is 6.28. The SMILES string of the molecule is CC(C)(c1ccc(Oc2ccc(N3C(=O)C=CC3=O)cc2)cc1)c1ccc(Oc2ccc(N3C(=O)C=CC3=O)cc2)cc1. The van der Waals surface area contributed by atoms with Crippen molar-refractivity contribution >= 4 is 35.0 Å². The molecule has 0 aliphatic carbocycles. The molecule has 2 aliphatic rings. The van der Waals surface area contributed by atoms with Crippen LogP contribution in [0.1, 0.15) is 25.0 Å². The lowest BCUT2D eigenvalue weighted by Gasteiger charge is -2.26. The van der Waals surface area contributed by atoms with Gasteiger partial charge in [0.15, 0.2) is 0 Å². The molecular weight excluding hydrogens is 544 g/mol. The molecule has 2 aliphatic heterocycles. The van der Waals surface area contributed by atoms with Crippen molar-refractivity contribution in [2.45, 2.75) is 19.3 Å². The van der Waals surface area contributed by atoms with Gasteiger partial charge >= 0.3 is 0 Å². The molecule has 2 heterocycles. The highest BCUT2D eigenvalue weighted by Crippen LogP contribution is 2.35. The van der Waals surface area contributed by atoms with Gasteiger partial charge in [0.1, 0.15) is 23.0 Å². The minimum absolute atomic E-state index is 0.300. The number of carbonyl (C=O) groups excluding carboxylic acids is 4. The van der Waals surface area contributed by atoms with E-state index in [4.69, 9.17) is 9.47 Å². The molecule has 0 saturated carbocycles. The lowest BCUT2D eigenvalue weighted by Crippen LogP contribution is -2.29. The van der Waals surface area contributed by atoms with Crippen LogP contribution < -0.4 is 19.3 Å². The quantitative estimate of drug-likeness (QED) is 0.226. The number of amides is 4. The molecule has 0 saturated heterocycles. The zero-order chi connectivity index (χ0) is 30.1. The van der Waals surface area contributed by atoms with E-state index < -0.39 is 0 Å². The summed E-state index contributed by atoms with van der Waals surface area (Å²) in [7, 11) is 0. The summed E-state index contributed by atoms with van der Waals surface area (Å²) < 4.78 is 12.0. The average Bonchev–Trinajstić information content (AvgIpc) is 3.53. The van der Waals surface area contributed by atoms with Crippen LogP contribution in [0.25, 0.3) is 0 Å². The number of ether oxygens (including phenoxy) is 2. The Morgan fingerprint density at radius 2 is 0.674 bits per heavy atom. The summed E-state index contributed by atoms with van der Waals surface area (Å²) in [4.78, 5) is 49.8. The lowest BCUT2D eigenvalue weighted by atomic mass is 9.78. The van der Waals surface area contributed by atoms with E-state index in [2.05, 4.69) is 13.8 Å². The molecule has 0 aromatic heterocycles. The second-order valence-corrected chi connectivity index (χ2v) is 10.6. The molecule has 4 aromatic carbocycles. The summed E-state index contributed by atoms with van der Waals surface area (Å²) in [6.45, 7) is 4.28. The van der Waals surface area contributed by atoms with E-state index in [0.29, 0.717) is 34.4 Å². The lowest BCUT2D eigenvalue weighted by molar-refractivity contribution is -0.121. The first-order valence-corrected chi connectivity index (χ1v) is 13.6. The molecule has 43 heavy (non-hydrogen) atoms. The summed E-state index contributed by atoms with van der Waals surface area (Å²) in [5, 5.41) is 0. The Morgan fingerprint density at radius 3 is 0.953 bits per heavy atom. The molecule has 0 unspecified atom stereocenters. The summed E-state index contributed by atoms with van der Waals surface area (Å²) in [6, 6.07) is 29.3. The van der Waals surface area contributed by atoms with E-state index in [0.717, 1.165) is 20.9 Å². The Hall–Kier alpha value is -5.76. The van der Waals surface area contributed by atoms with Gasteiger partial charge in [-0.25, -0.2) is 9.80 Å². The van der Waals surface area contributed by atoms with Crippen LogP contribution in [0, 0.1) is 0 Å². The predicted molar refractivity (Wildman–Crippen MR) is 161 cm³/mol. The second-order valence-electron chi connectivity index (χ2n) is 10.6. The Balaban J connectivity index is 1.08. The van der Waals surface area contributed by atoms with Crippen molar-refractivity contribution in [1.82, 2.24) is 0 Å². The number of benzene rings is 4. The molecule has 0 radical (unpaired) electrons. The van der Waals surface area contributed by atoms with E-state index in [1.807, 2.05) is 48.5 Å². The van der Waals surface area contributed by atoms with Crippen LogP contribution in [0.4, 0.5) is 11.4 Å². The topological polar surface area (TPSA) is 93.2 Å². The van der Waals surface area contributed by atoms with Crippen LogP contribution in [0.3, 0.4) is 0 Å². The van der Waals surface area contributed by atoms with Gasteiger partial charge in [-0.3, -0.25) is 19.2 Å². The molecule has 0 spiro atoms. The third kappa shape index (κ3) is 5.46. The molecule has 8 heteroatoms. The number of nitrogens with zero attached hydrogens (tertiary/aromatic N) is 2. The molecule has 8 nitrogen and oxygen atoms in total. The fraction of sp³-hybridized carbons (Fsp3) is 0.0857. The summed E-state index contributed by atoms with van der Waals surface area (Å²) in [6.07, 6.45) is 5.01. The molecule has 0 bridgehead atoms. The molecule has 4 amide bonds. The van der Waals surface area contributed by atoms with Gasteiger partial charge in [0.2, 0.25) is 0 Å². The number of carbonyl (C=O) groups is 4. The van der Waals surface area contributed by atoms with Crippen molar-refractivity contribution < 1.29 is 28.7 Å². The van der Waals surface area contributed by atoms with Gasteiger partial charge in [0.25, 0.3) is 23.6 Å². The van der Waals surface area contributed by atoms with Crippen LogP contribution in [-0.4, -0.2) is 23.6 Å². The van der Waals surface area contributed by atoms with Gasteiger partial charge in [0, 0.05) is 29.7 Å². The molecule has 6 rings (SSSR count). The number of rotatable bonds is 8. The van der Waals surface area contributed by atoms with E-state index in [1.54, 1.807) is 48.5 Å². The van der Waals surface area contributed by atoms with Gasteiger partial charge in [-0.1, -0.05) is 38.1 Å². The van der Waals surface area contributed by atoms with Gasteiger partial charge in [-0.05, 0) is 83.9 Å². The maximum absolute atomic E-state index is 11.9. The van der Waals surface area contributed by atoms with Gasteiger partial charge < -0.3 is 9.47 Å². The molecular formula is C35H26N2O6. The van der Waals surface area contributed by atoms with Gasteiger partial charge in [0.05, 0.1) is 11.4 Å². The van der Waals surface area contributed by atoms with Gasteiger partial charge in [-0.15, -0.1) is 0 Å². The summed E-state index contributed by atoms with van der Waals surface area (Å²) in [5.74, 6) is 1.04. The highest BCUT2D eigenvalue weighted by Gasteiger charge is 2.26. The minimum Gasteiger partial charge on any atom is -0.457 e. The summed E-state index contributed by atoms with van der Waals surface area (Å²) in [5.41, 5.74) is 2.87. The first kappa shape index (κ1) is 27.4. The first-order valence-electron chi connectivity index (χ1n) is 13.6. The monoisotopic (exact) mass is 570 g/mol. The molecule has 4 aromatic rings. The predicted octanol–water partition coefficient (Wildman–Crippen LogP) is 6.46. The maximum atomic E-state index is 11.9. The molecule has 0 fully saturated rings. The largest absolute Gasteiger partial charge is 0.457 e. The third-order valence-corrected chi connectivity index (χ3v) is 7.43. The second kappa shape index (κ2) is 10.9. The van der Waals surface area contributed by atoms with E-state index in [9.17, 15) is 19.2 Å². The number of hydrogen-bond acceptors (Lipinski definition) is 6. The fourth-order valence-electron chi connectivity index (χ4n) is 4.95. The van der Waals surface area contributed by atoms with Crippen LogP contribution in [0.2, 0.25) is 0 Å². The van der Waals surface area contributed by atoms with Crippen LogP contribution in [0.5, 0.6) is 23.0 Å². The Bertz CT molecular complexity index is 1620. The van der Waals surface area contributed by atoms with E-state index >= 15 is 0 Å². The minimum atomic E-state index is -0.362. The van der Waals surface area contributed by atoms with Crippen LogP contribution >= 0.6 is 0 Å². The fourth-order valence-corrected chi connectivity index (χ4v) is 4.95. The Morgan fingerprint density at radius 1 is 0.419 bits per heavy atom. The molecule has 0 N–H and O–H groups in total. The highest BCUT2D eigenvalue weighted by atomic mass is 16.5. The Labute approximate surface area is 248 Å². The zero-order valence-electron chi connectivity index (χ0n) is 23.4. The van der Waals surface area contributed by atoms with Gasteiger partial charge in [-0.2, -0.15) is 0 Å². The van der Waals surface area contributed by atoms with Crippen LogP contribution in [0.15, 0.2) is 121 Å². The van der Waals surface area contributed by atoms with E-state index in [-0.39, 0.29) is 29.0 Å². The Kier molecular flexibility index (Phi) is 6.95. The normalized spacial score (nSPS) is 14.7. The maximum Gasteiger partial charge on any atom is 0.258 e. The smallest absolute Gasteiger partial charge is 0.258 e. The standard InChI is InChI=1S/C35H26N2O6/c1-35(2,23-3-11-27(12-4-23)42-29-15-7-25(8-16-29)36-31(38)19-20-32(36)39)24-5-13-28(14-6-24)43-30-17-9-26(10-18-30)37-33(40)21-22-34(37)41/h3-22H,1-2H3. The van der Waals surface area contributed by atoms with Crippen molar-refractivity contribution in [3.05, 3.63) is 132 Å². The van der Waals surface area contributed by atoms with E-state index in [1.165, 1.54) is 24.3 Å². The number of anilines is 2.